The van der Waals surface area contributed by atoms with Gasteiger partial charge in [0.2, 0.25) is 0 Å². The van der Waals surface area contributed by atoms with Crippen LogP contribution in [0.2, 0.25) is 0 Å². The highest BCUT2D eigenvalue weighted by atomic mass is 16.3. The summed E-state index contributed by atoms with van der Waals surface area (Å²) in [6.45, 7) is 10.4. The van der Waals surface area contributed by atoms with E-state index >= 15 is 0 Å². The molecule has 0 bridgehead atoms. The smallest absolute Gasteiger partial charge is 0.120 e. The lowest BCUT2D eigenvalue weighted by atomic mass is 9.92. The van der Waals surface area contributed by atoms with Crippen molar-refractivity contribution in [3.63, 3.8) is 0 Å². The highest BCUT2D eigenvalue weighted by Gasteiger charge is 2.23. The molecule has 19 heavy (non-hydrogen) atoms. The largest absolute Gasteiger partial charge is 0.463 e. The maximum atomic E-state index is 6.00. The molecule has 0 saturated heterocycles. The van der Waals surface area contributed by atoms with Gasteiger partial charge in [-0.3, -0.25) is 4.90 Å². The Morgan fingerprint density at radius 2 is 2.05 bits per heavy atom. The van der Waals surface area contributed by atoms with Gasteiger partial charge in [-0.05, 0) is 59.2 Å². The second-order valence-corrected chi connectivity index (χ2v) is 6.92. The Morgan fingerprint density at radius 3 is 2.58 bits per heavy atom. The molecule has 0 radical (unpaired) electrons. The summed E-state index contributed by atoms with van der Waals surface area (Å²) in [7, 11) is 2.20. The highest BCUT2D eigenvalue weighted by molar-refractivity contribution is 5.20. The van der Waals surface area contributed by atoms with Gasteiger partial charge in [0.25, 0.3) is 0 Å². The van der Waals surface area contributed by atoms with Crippen LogP contribution in [0, 0.1) is 6.92 Å². The van der Waals surface area contributed by atoms with Crippen molar-refractivity contribution in [1.29, 1.82) is 0 Å². The Hall–Kier alpha value is -0.800. The number of nitrogens with zero attached hydrogens (tertiary/aromatic N) is 1. The Morgan fingerprint density at radius 1 is 1.37 bits per heavy atom. The van der Waals surface area contributed by atoms with Crippen molar-refractivity contribution in [2.45, 2.75) is 71.6 Å². The van der Waals surface area contributed by atoms with Crippen molar-refractivity contribution in [2.24, 2.45) is 0 Å². The molecule has 1 aliphatic rings. The molecule has 3 nitrogen and oxygen atoms in total. The summed E-state index contributed by atoms with van der Waals surface area (Å²) in [5, 5.41) is 3.48. The normalized spacial score (nSPS) is 16.9. The van der Waals surface area contributed by atoms with Crippen LogP contribution in [0.25, 0.3) is 0 Å². The molecule has 1 aromatic rings. The number of furan rings is 1. The van der Waals surface area contributed by atoms with E-state index in [0.29, 0.717) is 0 Å². The third-order valence-electron chi connectivity index (χ3n) is 3.95. The van der Waals surface area contributed by atoms with E-state index in [2.05, 4.69) is 51.0 Å². The minimum atomic E-state index is 0.127. The van der Waals surface area contributed by atoms with Gasteiger partial charge in [-0.2, -0.15) is 0 Å². The van der Waals surface area contributed by atoms with Crippen LogP contribution in [0.15, 0.2) is 10.5 Å². The fourth-order valence-electron chi connectivity index (χ4n) is 2.39. The summed E-state index contributed by atoms with van der Waals surface area (Å²) < 4.78 is 6.00. The van der Waals surface area contributed by atoms with E-state index in [0.717, 1.165) is 30.7 Å². The maximum absolute atomic E-state index is 6.00. The molecule has 0 aromatic carbocycles. The third-order valence-corrected chi connectivity index (χ3v) is 3.95. The molecular formula is C16H28N2O. The van der Waals surface area contributed by atoms with E-state index in [1.54, 1.807) is 0 Å². The molecule has 3 heteroatoms. The SMILES string of the molecule is Cc1cc(CN(C)C2CCC2)oc1CNC(C)(C)C. The van der Waals surface area contributed by atoms with Crippen LogP contribution in [0.5, 0.6) is 0 Å². The minimum absolute atomic E-state index is 0.127. The van der Waals surface area contributed by atoms with Crippen molar-refractivity contribution >= 4 is 0 Å². The first-order valence-electron chi connectivity index (χ1n) is 7.38. The van der Waals surface area contributed by atoms with Gasteiger partial charge >= 0.3 is 0 Å². The summed E-state index contributed by atoms with van der Waals surface area (Å²) in [5.74, 6) is 2.17. The molecule has 1 heterocycles. The van der Waals surface area contributed by atoms with Crippen molar-refractivity contribution in [3.8, 4) is 0 Å². The minimum Gasteiger partial charge on any atom is -0.463 e. The summed E-state index contributed by atoms with van der Waals surface area (Å²) in [4.78, 5) is 2.42. The summed E-state index contributed by atoms with van der Waals surface area (Å²) >= 11 is 0. The lowest BCUT2D eigenvalue weighted by Crippen LogP contribution is -2.36. The Labute approximate surface area is 117 Å². The van der Waals surface area contributed by atoms with E-state index in [9.17, 15) is 0 Å². The molecule has 0 atom stereocenters. The number of hydrogen-bond acceptors (Lipinski definition) is 3. The molecular weight excluding hydrogens is 236 g/mol. The van der Waals surface area contributed by atoms with Gasteiger partial charge in [0.1, 0.15) is 11.5 Å². The van der Waals surface area contributed by atoms with Crippen LogP contribution in [0.1, 0.15) is 57.1 Å². The molecule has 1 saturated carbocycles. The maximum Gasteiger partial charge on any atom is 0.120 e. The number of aryl methyl sites for hydroxylation is 1. The standard InChI is InChI=1S/C16H28N2O/c1-12-9-14(11-18(5)13-7-6-8-13)19-15(12)10-17-16(2,3)4/h9,13,17H,6-8,10-11H2,1-5H3. The summed E-state index contributed by atoms with van der Waals surface area (Å²) in [6, 6.07) is 2.95. The highest BCUT2D eigenvalue weighted by Crippen LogP contribution is 2.26. The van der Waals surface area contributed by atoms with Gasteiger partial charge in [0.05, 0.1) is 13.1 Å². The Bertz CT molecular complexity index is 413. The van der Waals surface area contributed by atoms with Gasteiger partial charge in [0.15, 0.2) is 0 Å². The number of hydrogen-bond donors (Lipinski definition) is 1. The number of nitrogens with one attached hydrogen (secondary N) is 1. The first-order chi connectivity index (χ1) is 8.85. The number of rotatable bonds is 5. The molecule has 0 spiro atoms. The first kappa shape index (κ1) is 14.6. The van der Waals surface area contributed by atoms with Crippen LogP contribution < -0.4 is 5.32 Å². The van der Waals surface area contributed by atoms with E-state index in [-0.39, 0.29) is 5.54 Å². The summed E-state index contributed by atoms with van der Waals surface area (Å²) in [6.07, 6.45) is 4.07. The molecule has 1 fully saturated rings. The quantitative estimate of drug-likeness (QED) is 0.883. The van der Waals surface area contributed by atoms with Gasteiger partial charge in [0, 0.05) is 11.6 Å². The first-order valence-corrected chi connectivity index (χ1v) is 7.38. The monoisotopic (exact) mass is 264 g/mol. The Kier molecular flexibility index (Phi) is 4.36. The molecule has 0 aliphatic heterocycles. The van der Waals surface area contributed by atoms with E-state index in [1.165, 1.54) is 24.8 Å². The molecule has 0 unspecified atom stereocenters. The average molecular weight is 264 g/mol. The van der Waals surface area contributed by atoms with Crippen LogP contribution in [0.3, 0.4) is 0 Å². The van der Waals surface area contributed by atoms with Gasteiger partial charge in [-0.1, -0.05) is 6.42 Å². The molecule has 0 amide bonds. The topological polar surface area (TPSA) is 28.4 Å². The van der Waals surface area contributed by atoms with E-state index in [1.807, 2.05) is 0 Å². The van der Waals surface area contributed by atoms with Crippen LogP contribution in [-0.2, 0) is 13.1 Å². The average Bonchev–Trinajstić information content (AvgIpc) is 2.52. The zero-order valence-electron chi connectivity index (χ0n) is 13.0. The lowest BCUT2D eigenvalue weighted by Gasteiger charge is -2.34. The molecule has 1 aromatic heterocycles. The fourth-order valence-corrected chi connectivity index (χ4v) is 2.39. The van der Waals surface area contributed by atoms with Crippen molar-refractivity contribution < 1.29 is 4.42 Å². The van der Waals surface area contributed by atoms with Crippen molar-refractivity contribution in [1.82, 2.24) is 10.2 Å². The van der Waals surface area contributed by atoms with Crippen LogP contribution in [0.4, 0.5) is 0 Å². The van der Waals surface area contributed by atoms with Gasteiger partial charge < -0.3 is 9.73 Å². The lowest BCUT2D eigenvalue weighted by molar-refractivity contribution is 0.142. The van der Waals surface area contributed by atoms with Crippen molar-refractivity contribution in [2.75, 3.05) is 7.05 Å². The molecule has 108 valence electrons. The van der Waals surface area contributed by atoms with E-state index < -0.39 is 0 Å². The Balaban J connectivity index is 1.92. The predicted molar refractivity (Wildman–Crippen MR) is 79.1 cm³/mol. The van der Waals surface area contributed by atoms with Crippen LogP contribution >= 0.6 is 0 Å². The molecule has 1 aliphatic carbocycles. The second kappa shape index (κ2) is 5.68. The molecule has 2 rings (SSSR count). The zero-order chi connectivity index (χ0) is 14.0. The fraction of sp³-hybridized carbons (Fsp3) is 0.750. The van der Waals surface area contributed by atoms with Crippen LogP contribution in [-0.4, -0.2) is 23.5 Å². The van der Waals surface area contributed by atoms with Gasteiger partial charge in [-0.25, -0.2) is 0 Å². The predicted octanol–water partition coefficient (Wildman–Crippen LogP) is 3.46. The summed E-state index contributed by atoms with van der Waals surface area (Å²) in [5.41, 5.74) is 1.39. The third kappa shape index (κ3) is 4.08. The zero-order valence-corrected chi connectivity index (χ0v) is 13.0. The van der Waals surface area contributed by atoms with E-state index in [4.69, 9.17) is 4.42 Å². The van der Waals surface area contributed by atoms with Gasteiger partial charge in [-0.15, -0.1) is 0 Å². The molecule has 1 N–H and O–H groups in total. The second-order valence-electron chi connectivity index (χ2n) is 6.92. The van der Waals surface area contributed by atoms with Crippen molar-refractivity contribution in [3.05, 3.63) is 23.2 Å².